The molecular weight excluding hydrogens is 299 g/mol. The molecule has 0 aliphatic heterocycles. The Morgan fingerprint density at radius 2 is 1.81 bits per heavy atom. The molecule has 0 radical (unpaired) electrons. The quantitative estimate of drug-likeness (QED) is 0.872. The lowest BCUT2D eigenvalue weighted by Crippen LogP contribution is -2.20. The molecule has 2 aromatic carbocycles. The molecule has 112 valence electrons. The average Bonchev–Trinajstić information content (AvgIpc) is 2.44. The minimum atomic E-state index is -0.634. The first-order valence-electron chi connectivity index (χ1n) is 6.49. The first-order chi connectivity index (χ1) is 9.92. The predicted octanol–water partition coefficient (Wildman–Crippen LogP) is 4.57. The molecule has 1 nitrogen and oxygen atoms in total. The summed E-state index contributed by atoms with van der Waals surface area (Å²) in [6.07, 6.45) is 0.301. The summed E-state index contributed by atoms with van der Waals surface area (Å²) in [5, 5.41) is 3.37. The van der Waals surface area contributed by atoms with Crippen LogP contribution in [-0.2, 0) is 6.42 Å². The van der Waals surface area contributed by atoms with E-state index in [9.17, 15) is 13.2 Å². The highest BCUT2D eigenvalue weighted by Gasteiger charge is 2.18. The first kappa shape index (κ1) is 15.9. The molecule has 0 saturated carbocycles. The highest BCUT2D eigenvalue weighted by Crippen LogP contribution is 2.27. The van der Waals surface area contributed by atoms with Crippen LogP contribution in [0.15, 0.2) is 30.3 Å². The summed E-state index contributed by atoms with van der Waals surface area (Å²) in [5.74, 6) is -1.63. The standard InChI is InChI=1S/C16H15ClF3N/c1-9-5-12(15(20)8-14(9)19)16(21-2)7-10-6-11(18)3-4-13(10)17/h3-6,8,16,21H,7H2,1-2H3. The molecule has 1 N–H and O–H groups in total. The molecule has 0 aliphatic rings. The molecule has 0 spiro atoms. The average molecular weight is 314 g/mol. The molecule has 0 fully saturated rings. The van der Waals surface area contributed by atoms with Crippen molar-refractivity contribution in [3.63, 3.8) is 0 Å². The van der Waals surface area contributed by atoms with Gasteiger partial charge in [0, 0.05) is 22.7 Å². The van der Waals surface area contributed by atoms with Crippen LogP contribution in [-0.4, -0.2) is 7.05 Å². The molecule has 21 heavy (non-hydrogen) atoms. The van der Waals surface area contributed by atoms with Crippen LogP contribution >= 0.6 is 11.6 Å². The van der Waals surface area contributed by atoms with Crippen molar-refractivity contribution in [3.05, 3.63) is 69.5 Å². The van der Waals surface area contributed by atoms with E-state index in [0.717, 1.165) is 6.07 Å². The molecule has 5 heteroatoms. The number of rotatable bonds is 4. The van der Waals surface area contributed by atoms with E-state index < -0.39 is 23.5 Å². The van der Waals surface area contributed by atoms with Crippen molar-refractivity contribution in [1.82, 2.24) is 5.32 Å². The van der Waals surface area contributed by atoms with Crippen molar-refractivity contribution in [2.75, 3.05) is 7.05 Å². The van der Waals surface area contributed by atoms with E-state index in [0.29, 0.717) is 28.1 Å². The lowest BCUT2D eigenvalue weighted by molar-refractivity contribution is 0.518. The number of benzene rings is 2. The molecule has 2 rings (SSSR count). The summed E-state index contributed by atoms with van der Waals surface area (Å²) in [6, 6.07) is 5.94. The maximum absolute atomic E-state index is 14.0. The van der Waals surface area contributed by atoms with Crippen LogP contribution in [0.4, 0.5) is 13.2 Å². The lowest BCUT2D eigenvalue weighted by atomic mass is 9.97. The van der Waals surface area contributed by atoms with Gasteiger partial charge in [0.1, 0.15) is 17.5 Å². The zero-order chi connectivity index (χ0) is 15.6. The zero-order valence-electron chi connectivity index (χ0n) is 11.7. The van der Waals surface area contributed by atoms with Gasteiger partial charge in [-0.25, -0.2) is 13.2 Å². The molecule has 0 heterocycles. The van der Waals surface area contributed by atoms with Crippen LogP contribution in [0, 0.1) is 24.4 Å². The zero-order valence-corrected chi connectivity index (χ0v) is 12.4. The number of hydrogen-bond donors (Lipinski definition) is 1. The Kier molecular flexibility index (Phi) is 4.91. The van der Waals surface area contributed by atoms with Gasteiger partial charge < -0.3 is 5.32 Å². The Morgan fingerprint density at radius 1 is 1.10 bits per heavy atom. The third-order valence-electron chi connectivity index (χ3n) is 3.43. The maximum Gasteiger partial charge on any atom is 0.130 e. The van der Waals surface area contributed by atoms with Gasteiger partial charge in [-0.1, -0.05) is 11.6 Å². The van der Waals surface area contributed by atoms with Crippen molar-refractivity contribution in [2.24, 2.45) is 0 Å². The molecule has 1 unspecified atom stereocenters. The summed E-state index contributed by atoms with van der Waals surface area (Å²) in [5.41, 5.74) is 1.26. The van der Waals surface area contributed by atoms with E-state index in [1.54, 1.807) is 14.0 Å². The fourth-order valence-electron chi connectivity index (χ4n) is 2.23. The topological polar surface area (TPSA) is 12.0 Å². The lowest BCUT2D eigenvalue weighted by Gasteiger charge is -2.19. The van der Waals surface area contributed by atoms with Gasteiger partial charge in [0.05, 0.1) is 0 Å². The third-order valence-corrected chi connectivity index (χ3v) is 3.80. The molecule has 0 saturated heterocycles. The Morgan fingerprint density at radius 3 is 2.48 bits per heavy atom. The first-order valence-corrected chi connectivity index (χ1v) is 6.87. The summed E-state index contributed by atoms with van der Waals surface area (Å²) >= 11 is 6.03. The SMILES string of the molecule is CNC(Cc1cc(F)ccc1Cl)c1cc(C)c(F)cc1F. The van der Waals surface area contributed by atoms with Gasteiger partial charge in [-0.05, 0) is 55.8 Å². The molecule has 0 aromatic heterocycles. The summed E-state index contributed by atoms with van der Waals surface area (Å²) in [4.78, 5) is 0. The van der Waals surface area contributed by atoms with E-state index in [1.165, 1.54) is 24.3 Å². The van der Waals surface area contributed by atoms with Crippen molar-refractivity contribution >= 4 is 11.6 Å². The minimum Gasteiger partial charge on any atom is -0.313 e. The molecule has 2 aromatic rings. The summed E-state index contributed by atoms with van der Waals surface area (Å²) < 4.78 is 40.6. The van der Waals surface area contributed by atoms with E-state index in [-0.39, 0.29) is 0 Å². The number of halogens is 4. The van der Waals surface area contributed by atoms with Crippen LogP contribution in [0.25, 0.3) is 0 Å². The second-order valence-corrected chi connectivity index (χ2v) is 5.31. The fraction of sp³-hybridized carbons (Fsp3) is 0.250. The van der Waals surface area contributed by atoms with E-state index >= 15 is 0 Å². The number of hydrogen-bond acceptors (Lipinski definition) is 1. The van der Waals surface area contributed by atoms with E-state index in [4.69, 9.17) is 11.6 Å². The van der Waals surface area contributed by atoms with Crippen LogP contribution in [0.5, 0.6) is 0 Å². The molecule has 0 bridgehead atoms. The van der Waals surface area contributed by atoms with Gasteiger partial charge in [0.15, 0.2) is 0 Å². The maximum atomic E-state index is 14.0. The molecule has 1 atom stereocenters. The summed E-state index contributed by atoms with van der Waals surface area (Å²) in [6.45, 7) is 1.57. The normalized spacial score (nSPS) is 12.5. The van der Waals surface area contributed by atoms with Gasteiger partial charge in [-0.15, -0.1) is 0 Å². The Labute approximate surface area is 126 Å². The van der Waals surface area contributed by atoms with Crippen molar-refractivity contribution < 1.29 is 13.2 Å². The highest BCUT2D eigenvalue weighted by atomic mass is 35.5. The van der Waals surface area contributed by atoms with Gasteiger partial charge in [-0.3, -0.25) is 0 Å². The third kappa shape index (κ3) is 3.57. The Bertz CT molecular complexity index is 658. The number of nitrogens with one attached hydrogen (secondary N) is 1. The van der Waals surface area contributed by atoms with Crippen molar-refractivity contribution in [3.8, 4) is 0 Å². The fourth-order valence-corrected chi connectivity index (χ4v) is 2.43. The monoisotopic (exact) mass is 313 g/mol. The van der Waals surface area contributed by atoms with Crippen LogP contribution < -0.4 is 5.32 Å². The molecular formula is C16H15ClF3N. The number of likely N-dealkylation sites (N-methyl/N-ethyl adjacent to an activating group) is 1. The van der Waals surface area contributed by atoms with Crippen LogP contribution in [0.1, 0.15) is 22.7 Å². The molecule has 0 aliphatic carbocycles. The second-order valence-electron chi connectivity index (χ2n) is 4.90. The molecule has 0 amide bonds. The van der Waals surface area contributed by atoms with E-state index in [1.807, 2.05) is 0 Å². The van der Waals surface area contributed by atoms with Crippen molar-refractivity contribution in [2.45, 2.75) is 19.4 Å². The largest absolute Gasteiger partial charge is 0.313 e. The predicted molar refractivity (Wildman–Crippen MR) is 78.0 cm³/mol. The Balaban J connectivity index is 2.36. The van der Waals surface area contributed by atoms with Gasteiger partial charge in [0.25, 0.3) is 0 Å². The number of aryl methyl sites for hydroxylation is 1. The van der Waals surface area contributed by atoms with Crippen molar-refractivity contribution in [1.29, 1.82) is 0 Å². The summed E-state index contributed by atoms with van der Waals surface area (Å²) in [7, 11) is 1.66. The van der Waals surface area contributed by atoms with Crippen LogP contribution in [0.3, 0.4) is 0 Å². The van der Waals surface area contributed by atoms with Gasteiger partial charge in [0.2, 0.25) is 0 Å². The van der Waals surface area contributed by atoms with Gasteiger partial charge in [-0.2, -0.15) is 0 Å². The van der Waals surface area contributed by atoms with Gasteiger partial charge >= 0.3 is 0 Å². The minimum absolute atomic E-state index is 0.301. The second kappa shape index (κ2) is 6.50. The Hall–Kier alpha value is -1.52. The highest BCUT2D eigenvalue weighted by molar-refractivity contribution is 6.31. The smallest absolute Gasteiger partial charge is 0.130 e. The van der Waals surface area contributed by atoms with E-state index in [2.05, 4.69) is 5.32 Å². The van der Waals surface area contributed by atoms with Crippen LogP contribution in [0.2, 0.25) is 5.02 Å².